The van der Waals surface area contributed by atoms with Crippen molar-refractivity contribution < 1.29 is 23.4 Å². The van der Waals surface area contributed by atoms with Gasteiger partial charge >= 0.3 is 5.97 Å². The van der Waals surface area contributed by atoms with Crippen molar-refractivity contribution in [1.82, 2.24) is 10.2 Å². The fourth-order valence-corrected chi connectivity index (χ4v) is 14.8. The van der Waals surface area contributed by atoms with Crippen LogP contribution in [0.5, 0.6) is 0 Å². The maximum Gasteiger partial charge on any atom is 0.335 e. The molecule has 10 atom stereocenters. The van der Waals surface area contributed by atoms with E-state index in [-0.39, 0.29) is 51.2 Å². The van der Waals surface area contributed by atoms with Gasteiger partial charge in [0.1, 0.15) is 0 Å². The Kier molecular flexibility index (Phi) is 10.6. The first-order valence-corrected chi connectivity index (χ1v) is 22.0. The molecular formula is C43H68N2O5S. The van der Waals surface area contributed by atoms with Crippen molar-refractivity contribution in [1.29, 1.82) is 0 Å². The molecule has 3 saturated carbocycles. The first kappa shape index (κ1) is 39.0. The van der Waals surface area contributed by atoms with Gasteiger partial charge in [0.2, 0.25) is 0 Å². The van der Waals surface area contributed by atoms with Gasteiger partial charge in [-0.3, -0.25) is 0 Å². The Morgan fingerprint density at radius 1 is 0.941 bits per heavy atom. The molecule has 3 N–H and O–H groups in total. The number of rotatable bonds is 10. The molecule has 0 aromatic heterocycles. The summed E-state index contributed by atoms with van der Waals surface area (Å²) in [6.07, 6.45) is 11.9. The molecule has 1 aliphatic heterocycles. The van der Waals surface area contributed by atoms with Crippen molar-refractivity contribution in [2.75, 3.05) is 44.3 Å². The minimum absolute atomic E-state index is 0.000155. The van der Waals surface area contributed by atoms with Gasteiger partial charge in [0, 0.05) is 38.3 Å². The second-order valence-electron chi connectivity index (χ2n) is 19.1. The fraction of sp³-hybridized carbons (Fsp3) is 0.791. The number of nitrogens with zero attached hydrogens (tertiary/aromatic N) is 1. The summed E-state index contributed by atoms with van der Waals surface area (Å²) in [7, 11) is -2.89. The molecule has 8 heteroatoms. The van der Waals surface area contributed by atoms with Crippen LogP contribution >= 0.6 is 0 Å². The lowest BCUT2D eigenvalue weighted by Gasteiger charge is -2.73. The smallest absolute Gasteiger partial charge is 0.335 e. The molecule has 1 aromatic rings. The molecule has 7 nitrogen and oxygen atoms in total. The summed E-state index contributed by atoms with van der Waals surface area (Å²) in [6.45, 7) is 23.1. The van der Waals surface area contributed by atoms with Crippen LogP contribution in [0.4, 0.5) is 0 Å². The van der Waals surface area contributed by atoms with Gasteiger partial charge in [0.25, 0.3) is 0 Å². The van der Waals surface area contributed by atoms with Crippen molar-refractivity contribution >= 4 is 21.4 Å². The molecule has 6 rings (SSSR count). The number of sulfone groups is 1. The zero-order chi connectivity index (χ0) is 37.2. The summed E-state index contributed by atoms with van der Waals surface area (Å²) < 4.78 is 24.1. The van der Waals surface area contributed by atoms with Crippen LogP contribution in [0.3, 0.4) is 0 Å². The summed E-state index contributed by atoms with van der Waals surface area (Å²) >= 11 is 0. The zero-order valence-electron chi connectivity index (χ0n) is 32.9. The van der Waals surface area contributed by atoms with E-state index in [9.17, 15) is 23.4 Å². The van der Waals surface area contributed by atoms with Crippen molar-refractivity contribution in [2.45, 2.75) is 112 Å². The fourth-order valence-electron chi connectivity index (χ4n) is 13.5. The third kappa shape index (κ3) is 6.38. The first-order chi connectivity index (χ1) is 23.9. The normalized spacial score (nSPS) is 40.2. The van der Waals surface area contributed by atoms with Crippen LogP contribution in [0, 0.1) is 57.2 Å². The van der Waals surface area contributed by atoms with Crippen molar-refractivity contribution in [3.63, 3.8) is 0 Å². The summed E-state index contributed by atoms with van der Waals surface area (Å²) in [5, 5.41) is 24.2. The number of hydrogen-bond acceptors (Lipinski definition) is 6. The monoisotopic (exact) mass is 724 g/mol. The molecule has 1 heterocycles. The van der Waals surface area contributed by atoms with Crippen LogP contribution in [0.1, 0.15) is 123 Å². The molecule has 4 aliphatic carbocycles. The molecule has 1 aromatic carbocycles. The molecule has 0 bridgehead atoms. The minimum Gasteiger partial charge on any atom is -0.478 e. The number of benzene rings is 1. The molecule has 0 spiro atoms. The highest BCUT2D eigenvalue weighted by atomic mass is 32.2. The standard InChI is InChI=1S/C43H68N2O5S/c1-9-43(44-22-23-45-24-26-51(49,50)27-25-45)21-20-41(7)34(37(43)30(3)29(2)28-46)14-15-36-40(6)18-16-33(31-10-12-32(13-11-31)38(47)48)39(4,5)35(40)17-19-42(36,41)8/h10-13,16,29-30,34-37,44,46H,9,14-15,17-28H2,1-8H3,(H,47,48)/t29?,30-,34+,35-,36+,37+,40-,41+,42+,43-/m0/s1. The van der Waals surface area contributed by atoms with Crippen LogP contribution < -0.4 is 5.32 Å². The number of aliphatic hydroxyl groups is 1. The van der Waals surface area contributed by atoms with E-state index < -0.39 is 15.8 Å². The summed E-state index contributed by atoms with van der Waals surface area (Å²) in [4.78, 5) is 13.9. The number of aliphatic hydroxyl groups excluding tert-OH is 1. The summed E-state index contributed by atoms with van der Waals surface area (Å²) in [5.41, 5.74) is 3.45. The Morgan fingerprint density at radius 2 is 1.61 bits per heavy atom. The van der Waals surface area contributed by atoms with E-state index in [2.05, 4.69) is 71.7 Å². The molecule has 5 aliphatic rings. The number of aromatic carboxylic acids is 1. The lowest BCUT2D eigenvalue weighted by Crippen LogP contribution is -2.69. The third-order valence-electron chi connectivity index (χ3n) is 16.8. The number of nitrogens with one attached hydrogen (secondary N) is 1. The van der Waals surface area contributed by atoms with Gasteiger partial charge < -0.3 is 20.4 Å². The van der Waals surface area contributed by atoms with E-state index >= 15 is 0 Å². The van der Waals surface area contributed by atoms with Gasteiger partial charge in [0.05, 0.1) is 17.1 Å². The Hall–Kier alpha value is -1.74. The van der Waals surface area contributed by atoms with Crippen LogP contribution in [0.2, 0.25) is 0 Å². The quantitative estimate of drug-likeness (QED) is 0.226. The van der Waals surface area contributed by atoms with Gasteiger partial charge in [-0.05, 0) is 132 Å². The van der Waals surface area contributed by atoms with Crippen molar-refractivity contribution in [3.05, 3.63) is 41.5 Å². The third-order valence-corrected chi connectivity index (χ3v) is 18.5. The molecule has 51 heavy (non-hydrogen) atoms. The Bertz CT molecular complexity index is 1580. The van der Waals surface area contributed by atoms with Crippen LogP contribution in [0.15, 0.2) is 30.3 Å². The number of hydrogen-bond donors (Lipinski definition) is 3. The van der Waals surface area contributed by atoms with E-state index in [0.717, 1.165) is 37.9 Å². The zero-order valence-corrected chi connectivity index (χ0v) is 33.7. The average Bonchev–Trinajstić information content (AvgIpc) is 3.08. The Morgan fingerprint density at radius 3 is 2.22 bits per heavy atom. The highest BCUT2D eigenvalue weighted by Gasteiger charge is 2.69. The SMILES string of the molecule is CC[C@]1(NCCN2CCS(=O)(=O)CC2)CC[C@]2(C)[C@H](CC[C@@H]3[C@@]4(C)CC=C(c5ccc(C(=O)O)cc5)C(C)(C)[C@@H]4CC[C@]32C)[C@H]1[C@@H](C)C(C)CO. The van der Waals surface area contributed by atoms with Gasteiger partial charge in [0.15, 0.2) is 9.84 Å². The number of carboxylic acids is 1. The Labute approximate surface area is 309 Å². The lowest BCUT2D eigenvalue weighted by molar-refractivity contribution is -0.227. The summed E-state index contributed by atoms with van der Waals surface area (Å²) in [6, 6.07) is 7.54. The first-order valence-electron chi connectivity index (χ1n) is 20.2. The Balaban J connectivity index is 1.29. The second-order valence-corrected chi connectivity index (χ2v) is 21.4. The van der Waals surface area contributed by atoms with Crippen molar-refractivity contribution in [3.8, 4) is 0 Å². The van der Waals surface area contributed by atoms with Gasteiger partial charge in [-0.15, -0.1) is 0 Å². The minimum atomic E-state index is -2.89. The van der Waals surface area contributed by atoms with Crippen LogP contribution in [-0.4, -0.2) is 79.3 Å². The lowest BCUT2D eigenvalue weighted by atomic mass is 9.32. The van der Waals surface area contributed by atoms with Crippen LogP contribution in [-0.2, 0) is 9.84 Å². The number of carbonyl (C=O) groups is 1. The maximum atomic E-state index is 12.1. The van der Waals surface area contributed by atoms with Crippen LogP contribution in [0.25, 0.3) is 5.57 Å². The largest absolute Gasteiger partial charge is 0.478 e. The van der Waals surface area contributed by atoms with E-state index in [4.69, 9.17) is 0 Å². The topological polar surface area (TPSA) is 107 Å². The summed E-state index contributed by atoms with van der Waals surface area (Å²) in [5.74, 6) is 2.47. The van der Waals surface area contributed by atoms with Gasteiger partial charge in [-0.1, -0.05) is 73.6 Å². The molecule has 4 fully saturated rings. The van der Waals surface area contributed by atoms with E-state index in [0.29, 0.717) is 48.2 Å². The highest BCUT2D eigenvalue weighted by Crippen LogP contribution is 2.76. The molecule has 0 radical (unpaired) electrons. The molecular weight excluding hydrogens is 657 g/mol. The second kappa shape index (κ2) is 13.8. The highest BCUT2D eigenvalue weighted by molar-refractivity contribution is 7.91. The van der Waals surface area contributed by atoms with E-state index in [1.807, 2.05) is 12.1 Å². The number of fused-ring (bicyclic) bond motifs is 5. The van der Waals surface area contributed by atoms with E-state index in [1.54, 1.807) is 12.1 Å². The number of allylic oxidation sites excluding steroid dienone is 2. The molecule has 286 valence electrons. The molecule has 1 unspecified atom stereocenters. The molecule has 0 amide bonds. The van der Waals surface area contributed by atoms with E-state index in [1.165, 1.54) is 37.7 Å². The van der Waals surface area contributed by atoms with Crippen molar-refractivity contribution in [2.24, 2.45) is 57.2 Å². The van der Waals surface area contributed by atoms with Gasteiger partial charge in [-0.2, -0.15) is 0 Å². The predicted molar refractivity (Wildman–Crippen MR) is 207 cm³/mol. The predicted octanol–water partition coefficient (Wildman–Crippen LogP) is 7.80. The number of carboxylic acid groups (broad SMARTS) is 1. The average molecular weight is 725 g/mol. The van der Waals surface area contributed by atoms with Gasteiger partial charge in [-0.25, -0.2) is 13.2 Å². The molecule has 1 saturated heterocycles. The maximum absolute atomic E-state index is 12.1.